The van der Waals surface area contributed by atoms with Crippen LogP contribution in [0.5, 0.6) is 11.5 Å². The van der Waals surface area contributed by atoms with E-state index in [1.165, 1.54) is 12.1 Å². The van der Waals surface area contributed by atoms with Crippen molar-refractivity contribution in [3.8, 4) is 11.5 Å². The molecule has 2 aromatic carbocycles. The van der Waals surface area contributed by atoms with Crippen molar-refractivity contribution in [3.05, 3.63) is 113 Å². The summed E-state index contributed by atoms with van der Waals surface area (Å²) in [5, 5.41) is 45.0. The maximum Gasteiger partial charge on any atom is 0.269 e. The summed E-state index contributed by atoms with van der Waals surface area (Å²) in [5.41, 5.74) is 3.84. The van der Waals surface area contributed by atoms with Crippen molar-refractivity contribution in [2.45, 2.75) is 89.4 Å². The van der Waals surface area contributed by atoms with Crippen LogP contribution in [0.25, 0.3) is 0 Å². The number of hydrogen-bond acceptors (Lipinski definition) is 13. The lowest BCUT2D eigenvalue weighted by Gasteiger charge is -2.58. The molecule has 0 spiro atoms. The Morgan fingerprint density at radius 2 is 1.76 bits per heavy atom. The summed E-state index contributed by atoms with van der Waals surface area (Å²) >= 11 is 0. The molecule has 0 radical (unpaired) electrons. The molecule has 1 aliphatic heterocycles. The zero-order valence-corrected chi connectivity index (χ0v) is 34.0. The minimum Gasteiger partial charge on any atom is -0.490 e. The van der Waals surface area contributed by atoms with E-state index in [9.17, 15) is 20.3 Å². The quantitative estimate of drug-likeness (QED) is 0.0299. The van der Waals surface area contributed by atoms with Crippen LogP contribution in [-0.4, -0.2) is 81.3 Å². The smallest absolute Gasteiger partial charge is 0.269 e. The van der Waals surface area contributed by atoms with Crippen molar-refractivity contribution in [1.82, 2.24) is 15.0 Å². The van der Waals surface area contributed by atoms with E-state index in [2.05, 4.69) is 35.6 Å². The van der Waals surface area contributed by atoms with Crippen molar-refractivity contribution >= 4 is 11.4 Å². The first-order valence-electron chi connectivity index (χ1n) is 20.6. The number of nitro groups is 1. The van der Waals surface area contributed by atoms with E-state index >= 15 is 0 Å². The number of non-ortho nitro benzene ring substituents is 1. The summed E-state index contributed by atoms with van der Waals surface area (Å²) in [7, 11) is 0. The second kappa shape index (κ2) is 20.9. The fourth-order valence-corrected chi connectivity index (χ4v) is 8.91. The predicted molar refractivity (Wildman–Crippen MR) is 220 cm³/mol. The van der Waals surface area contributed by atoms with Gasteiger partial charge in [-0.25, -0.2) is 4.68 Å². The van der Waals surface area contributed by atoms with Crippen LogP contribution in [0, 0.1) is 27.9 Å². The number of aliphatic hydroxyl groups excluding tert-OH is 2. The van der Waals surface area contributed by atoms with Gasteiger partial charge in [-0.05, 0) is 92.8 Å². The first-order chi connectivity index (χ1) is 28.8. The monoisotopic (exact) mass is 815 g/mol. The lowest BCUT2D eigenvalue weighted by atomic mass is 9.55. The van der Waals surface area contributed by atoms with Crippen molar-refractivity contribution in [3.63, 3.8) is 0 Å². The van der Waals surface area contributed by atoms with Crippen molar-refractivity contribution in [2.24, 2.45) is 22.9 Å². The number of aliphatic hydroxyl groups is 2. The maximum atomic E-state index is 11.3. The SMILES string of the molecule is C=CCOc1ccc2c(c1)[C@H]1[C@H](CCCCO)[C@@H](CCCCO)C=C3C(=NOCc4ccc([N+](=O)[O-])cc4)C[C@H](n4nncc4C(OCC)OCC)[C@@](OCC=C)(O2)[C@H]31. The van der Waals surface area contributed by atoms with E-state index in [1.807, 2.05) is 26.0 Å². The Kier molecular flexibility index (Phi) is 15.4. The molecule has 59 heavy (non-hydrogen) atoms. The lowest BCUT2D eigenvalue weighted by molar-refractivity contribution is -0.384. The first kappa shape index (κ1) is 43.6. The molecule has 3 aliphatic rings. The van der Waals surface area contributed by atoms with Crippen LogP contribution in [-0.2, 0) is 25.7 Å². The molecule has 6 atom stereocenters. The van der Waals surface area contributed by atoms with Crippen molar-refractivity contribution in [2.75, 3.05) is 39.6 Å². The van der Waals surface area contributed by atoms with E-state index in [-0.39, 0.29) is 56.3 Å². The highest BCUT2D eigenvalue weighted by molar-refractivity contribution is 6.02. The summed E-state index contributed by atoms with van der Waals surface area (Å²) in [6.45, 7) is 13.2. The Morgan fingerprint density at radius 3 is 2.44 bits per heavy atom. The molecule has 1 saturated carbocycles. The molecular formula is C44H57N5O10. The highest BCUT2D eigenvalue weighted by Crippen LogP contribution is 2.63. The number of benzene rings is 2. The van der Waals surface area contributed by atoms with E-state index in [4.69, 9.17) is 33.7 Å². The molecule has 0 unspecified atom stereocenters. The van der Waals surface area contributed by atoms with Gasteiger partial charge in [-0.2, -0.15) is 0 Å². The molecule has 0 amide bonds. The number of nitrogens with zero attached hydrogens (tertiary/aromatic N) is 5. The third kappa shape index (κ3) is 9.60. The number of hydrogen-bond donors (Lipinski definition) is 2. The van der Waals surface area contributed by atoms with Crippen LogP contribution in [0.15, 0.2) is 90.8 Å². The Hall–Kier alpha value is -4.93. The number of fused-ring (bicyclic) bond motifs is 2. The second-order valence-corrected chi connectivity index (χ2v) is 14.9. The molecule has 0 saturated heterocycles. The van der Waals surface area contributed by atoms with Crippen molar-refractivity contribution in [1.29, 1.82) is 0 Å². The summed E-state index contributed by atoms with van der Waals surface area (Å²) in [6, 6.07) is 11.4. The molecule has 2 aliphatic carbocycles. The molecule has 318 valence electrons. The van der Waals surface area contributed by atoms with Crippen LogP contribution >= 0.6 is 0 Å². The zero-order chi connectivity index (χ0) is 41.8. The van der Waals surface area contributed by atoms with Gasteiger partial charge in [0.2, 0.25) is 12.1 Å². The van der Waals surface area contributed by atoms with E-state index < -0.39 is 29.0 Å². The Bertz CT molecular complexity index is 1930. The molecule has 1 fully saturated rings. The van der Waals surface area contributed by atoms with Crippen LogP contribution in [0.1, 0.15) is 93.9 Å². The third-order valence-electron chi connectivity index (χ3n) is 11.3. The summed E-state index contributed by atoms with van der Waals surface area (Å²) in [6.07, 6.45) is 11.4. The maximum absolute atomic E-state index is 11.3. The zero-order valence-electron chi connectivity index (χ0n) is 34.0. The molecule has 15 nitrogen and oxygen atoms in total. The minimum atomic E-state index is -1.38. The molecule has 0 bridgehead atoms. The van der Waals surface area contributed by atoms with Crippen LogP contribution in [0.4, 0.5) is 5.69 Å². The van der Waals surface area contributed by atoms with Crippen LogP contribution in [0.3, 0.4) is 0 Å². The Morgan fingerprint density at radius 1 is 1.03 bits per heavy atom. The average molecular weight is 816 g/mol. The van der Waals surface area contributed by atoms with E-state index in [0.717, 1.165) is 36.8 Å². The molecule has 1 aromatic heterocycles. The summed E-state index contributed by atoms with van der Waals surface area (Å²) < 4.78 is 34.4. The lowest BCUT2D eigenvalue weighted by Crippen LogP contribution is -2.63. The highest BCUT2D eigenvalue weighted by Gasteiger charge is 2.65. The Balaban J connectivity index is 1.58. The van der Waals surface area contributed by atoms with Gasteiger partial charge in [-0.1, -0.05) is 48.0 Å². The van der Waals surface area contributed by atoms with E-state index in [1.54, 1.807) is 35.2 Å². The Labute approximate surface area is 345 Å². The molecular weight excluding hydrogens is 759 g/mol. The second-order valence-electron chi connectivity index (χ2n) is 14.9. The van der Waals surface area contributed by atoms with Gasteiger partial charge in [0.15, 0.2) is 0 Å². The minimum absolute atomic E-state index is 0.0121. The van der Waals surface area contributed by atoms with Crippen molar-refractivity contribution < 1.29 is 43.7 Å². The molecule has 6 rings (SSSR count). The van der Waals surface area contributed by atoms with Gasteiger partial charge < -0.3 is 38.7 Å². The van der Waals surface area contributed by atoms with Crippen LogP contribution < -0.4 is 9.47 Å². The van der Waals surface area contributed by atoms with Gasteiger partial charge in [0.25, 0.3) is 5.69 Å². The third-order valence-corrected chi connectivity index (χ3v) is 11.3. The highest BCUT2D eigenvalue weighted by atomic mass is 16.7. The number of allylic oxidation sites excluding steroid dienone is 1. The van der Waals surface area contributed by atoms with Gasteiger partial charge in [-0.3, -0.25) is 10.1 Å². The number of rotatable bonds is 24. The number of unbranched alkanes of at least 4 members (excludes halogenated alkanes) is 2. The van der Waals surface area contributed by atoms with Gasteiger partial charge in [0, 0.05) is 56.5 Å². The largest absolute Gasteiger partial charge is 0.490 e. The molecule has 3 aromatic rings. The van der Waals surface area contributed by atoms with Crippen LogP contribution in [0.2, 0.25) is 0 Å². The normalized spacial score (nSPS) is 23.8. The van der Waals surface area contributed by atoms with E-state index in [0.29, 0.717) is 61.1 Å². The van der Waals surface area contributed by atoms with Gasteiger partial charge in [0.1, 0.15) is 36.4 Å². The summed E-state index contributed by atoms with van der Waals surface area (Å²) in [5.74, 6) is -0.585. The molecule has 2 N–H and O–H groups in total. The molecule has 2 heterocycles. The molecule has 15 heteroatoms. The standard InChI is InChI=1S/C44H57N5O10/c1-5-23-56-33-19-20-39-36(26-33)41-34(14-10-12-22-51)31(13-9-11-21-50)25-35-37(46-58-29-30-15-17-32(18-16-30)49(52)53)27-40(44(59-39,42(35)41)57-24-6-2)48-38(28-45-47-48)43(54-7-3)55-8-4/h5-6,15-20,25-26,28,31,34,40-43,50-51H,1-2,7-14,21-24,27,29H2,3-4H3/t31-,34+,40-,41+,42+,44+/m0/s1. The average Bonchev–Trinajstić information content (AvgIpc) is 3.73. The van der Waals surface area contributed by atoms with Gasteiger partial charge in [-0.15, -0.1) is 11.7 Å². The van der Waals surface area contributed by atoms with Gasteiger partial charge >= 0.3 is 0 Å². The number of oxime groups is 1. The number of nitro benzene ring substituents is 1. The summed E-state index contributed by atoms with van der Waals surface area (Å²) in [4.78, 5) is 17.0. The fraction of sp³-hybridized carbons (Fsp3) is 0.523. The van der Waals surface area contributed by atoms with Gasteiger partial charge in [0.05, 0.1) is 29.4 Å². The number of aromatic nitrogens is 3. The number of ether oxygens (including phenoxy) is 5. The topological polar surface area (TPSA) is 182 Å². The first-order valence-corrected chi connectivity index (χ1v) is 20.6. The fourth-order valence-electron chi connectivity index (χ4n) is 8.91. The predicted octanol–water partition coefficient (Wildman–Crippen LogP) is 7.53.